The maximum Gasteiger partial charge on any atom is 0.169 e. The Morgan fingerprint density at radius 3 is 2.69 bits per heavy atom. The van der Waals surface area contributed by atoms with Gasteiger partial charge in [0.2, 0.25) is 0 Å². The molecule has 3 heterocycles. The molecule has 8 heteroatoms. The van der Waals surface area contributed by atoms with Crippen LogP contribution in [0.1, 0.15) is 18.6 Å². The third-order valence-corrected chi connectivity index (χ3v) is 5.34. The van der Waals surface area contributed by atoms with Gasteiger partial charge in [0, 0.05) is 43.5 Å². The Morgan fingerprint density at radius 2 is 2.00 bits per heavy atom. The van der Waals surface area contributed by atoms with E-state index in [1.54, 1.807) is 6.20 Å². The zero-order chi connectivity index (χ0) is 18.4. The molecule has 140 valence electrons. The molecule has 1 fully saturated rings. The number of hydrogen-bond donors (Lipinski definition) is 2. The molecule has 1 unspecified atom stereocenters. The van der Waals surface area contributed by atoms with E-state index in [1.165, 1.54) is 12.3 Å². The maximum atomic E-state index is 15.1. The summed E-state index contributed by atoms with van der Waals surface area (Å²) in [6.45, 7) is 5.56. The lowest BCUT2D eigenvalue weighted by Gasteiger charge is -2.43. The molecule has 26 heavy (non-hydrogen) atoms. The van der Waals surface area contributed by atoms with Crippen molar-refractivity contribution in [1.82, 2.24) is 4.90 Å². The second-order valence-corrected chi connectivity index (χ2v) is 7.11. The fourth-order valence-corrected chi connectivity index (χ4v) is 3.84. The van der Waals surface area contributed by atoms with Gasteiger partial charge in [-0.3, -0.25) is 0 Å². The van der Waals surface area contributed by atoms with Crippen molar-refractivity contribution in [2.24, 2.45) is 5.16 Å². The summed E-state index contributed by atoms with van der Waals surface area (Å²) in [5.41, 5.74) is 2.00. The Balaban J connectivity index is 1.84. The summed E-state index contributed by atoms with van der Waals surface area (Å²) in [4.78, 5) is 6.19. The second-order valence-electron chi connectivity index (χ2n) is 7.11. The van der Waals surface area contributed by atoms with E-state index < -0.39 is 11.9 Å². The SMILES string of the molecule is C[C@H]1COc2c(N3CCN(C)CC3)c(F)cc3c2N1C=C(/C=N/O)C3O. The summed E-state index contributed by atoms with van der Waals surface area (Å²) < 4.78 is 21.0. The number of aliphatic hydroxyl groups excluding tert-OH is 1. The molecule has 0 aromatic heterocycles. The molecule has 1 aromatic carbocycles. The van der Waals surface area contributed by atoms with Gasteiger partial charge >= 0.3 is 0 Å². The average molecular weight is 362 g/mol. The highest BCUT2D eigenvalue weighted by Gasteiger charge is 2.38. The molecule has 3 aliphatic heterocycles. The van der Waals surface area contributed by atoms with Crippen LogP contribution < -0.4 is 14.5 Å². The Morgan fingerprint density at radius 1 is 1.27 bits per heavy atom. The van der Waals surface area contributed by atoms with Crippen LogP contribution in [-0.2, 0) is 0 Å². The number of oxime groups is 1. The van der Waals surface area contributed by atoms with Crippen LogP contribution in [0.2, 0.25) is 0 Å². The summed E-state index contributed by atoms with van der Waals surface area (Å²) >= 11 is 0. The first-order valence-corrected chi connectivity index (χ1v) is 8.79. The smallest absolute Gasteiger partial charge is 0.169 e. The van der Waals surface area contributed by atoms with Gasteiger partial charge in [-0.05, 0) is 20.0 Å². The number of nitrogens with zero attached hydrogens (tertiary/aromatic N) is 4. The Bertz CT molecular complexity index is 774. The summed E-state index contributed by atoms with van der Waals surface area (Å²) in [6, 6.07) is 1.39. The molecule has 0 amide bonds. The van der Waals surface area contributed by atoms with Crippen molar-refractivity contribution in [2.75, 3.05) is 49.6 Å². The highest BCUT2D eigenvalue weighted by molar-refractivity contribution is 5.88. The highest BCUT2D eigenvalue weighted by Crippen LogP contribution is 2.51. The van der Waals surface area contributed by atoms with Gasteiger partial charge < -0.3 is 29.8 Å². The van der Waals surface area contributed by atoms with Crippen molar-refractivity contribution < 1.29 is 19.4 Å². The zero-order valence-corrected chi connectivity index (χ0v) is 14.9. The molecule has 0 saturated carbocycles. The van der Waals surface area contributed by atoms with E-state index in [-0.39, 0.29) is 6.04 Å². The first kappa shape index (κ1) is 17.1. The maximum absolute atomic E-state index is 15.1. The molecule has 0 aliphatic carbocycles. The Hall–Kier alpha value is -2.32. The second kappa shape index (κ2) is 6.44. The third kappa shape index (κ3) is 2.60. The van der Waals surface area contributed by atoms with Crippen LogP contribution in [0.5, 0.6) is 5.75 Å². The molecule has 1 aromatic rings. The van der Waals surface area contributed by atoms with Crippen molar-refractivity contribution in [3.05, 3.63) is 29.2 Å². The van der Waals surface area contributed by atoms with E-state index in [2.05, 4.69) is 17.1 Å². The Kier molecular flexibility index (Phi) is 4.24. The number of piperazine rings is 1. The molecule has 4 rings (SSSR count). The van der Waals surface area contributed by atoms with E-state index >= 15 is 4.39 Å². The van der Waals surface area contributed by atoms with Crippen LogP contribution in [0.15, 0.2) is 23.0 Å². The minimum Gasteiger partial charge on any atom is -0.487 e. The van der Waals surface area contributed by atoms with Gasteiger partial charge in [0.1, 0.15) is 18.4 Å². The summed E-state index contributed by atoms with van der Waals surface area (Å²) in [6.07, 6.45) is 1.86. The quantitative estimate of drug-likeness (QED) is 0.473. The van der Waals surface area contributed by atoms with E-state index in [9.17, 15) is 5.11 Å². The summed E-state index contributed by atoms with van der Waals surface area (Å²) in [7, 11) is 2.05. The van der Waals surface area contributed by atoms with Gasteiger partial charge in [-0.15, -0.1) is 0 Å². The molecular weight excluding hydrogens is 339 g/mol. The highest BCUT2D eigenvalue weighted by atomic mass is 19.1. The molecule has 3 aliphatic rings. The van der Waals surface area contributed by atoms with E-state index in [4.69, 9.17) is 9.94 Å². The molecule has 0 spiro atoms. The first-order chi connectivity index (χ1) is 12.5. The fourth-order valence-electron chi connectivity index (χ4n) is 3.84. The molecular formula is C18H23FN4O3. The minimum atomic E-state index is -1.07. The van der Waals surface area contributed by atoms with Gasteiger partial charge in [0.05, 0.1) is 17.9 Å². The van der Waals surface area contributed by atoms with Crippen molar-refractivity contribution >= 4 is 17.6 Å². The van der Waals surface area contributed by atoms with Crippen molar-refractivity contribution in [2.45, 2.75) is 19.1 Å². The third-order valence-electron chi connectivity index (χ3n) is 5.34. The van der Waals surface area contributed by atoms with Gasteiger partial charge in [0.15, 0.2) is 11.6 Å². The van der Waals surface area contributed by atoms with E-state index in [1.807, 2.05) is 16.7 Å². The first-order valence-electron chi connectivity index (χ1n) is 8.79. The fraction of sp³-hybridized carbons (Fsp3) is 0.500. The van der Waals surface area contributed by atoms with Crippen LogP contribution in [0.25, 0.3) is 0 Å². The average Bonchev–Trinajstić information content (AvgIpc) is 2.62. The molecule has 0 bridgehead atoms. The number of ether oxygens (including phenoxy) is 1. The minimum absolute atomic E-state index is 0.0154. The lowest BCUT2D eigenvalue weighted by molar-refractivity contribution is 0.212. The number of benzene rings is 1. The van der Waals surface area contributed by atoms with Crippen LogP contribution in [0.3, 0.4) is 0 Å². The Labute approximate surface area is 151 Å². The number of halogens is 1. The standard InChI is InChI=1S/C18H23FN4O3/c1-11-10-26-18-15-13(17(24)12(8-20-25)9-23(11)15)7-14(19)16(18)22-5-3-21(2)4-6-22/h7-9,11,17,24-25H,3-6,10H2,1-2H3/b20-8+/t11-,17?/m0/s1. The van der Waals surface area contributed by atoms with Crippen molar-refractivity contribution in [3.8, 4) is 5.75 Å². The van der Waals surface area contributed by atoms with Crippen LogP contribution in [-0.4, -0.2) is 67.3 Å². The van der Waals surface area contributed by atoms with E-state index in [0.29, 0.717) is 34.9 Å². The van der Waals surface area contributed by atoms with Gasteiger partial charge in [-0.25, -0.2) is 4.39 Å². The number of aliphatic hydroxyl groups is 1. The zero-order valence-electron chi connectivity index (χ0n) is 14.9. The topological polar surface area (TPSA) is 71.8 Å². The molecule has 7 nitrogen and oxygen atoms in total. The molecule has 2 N–H and O–H groups in total. The largest absolute Gasteiger partial charge is 0.487 e. The number of anilines is 2. The van der Waals surface area contributed by atoms with Gasteiger partial charge in [-0.2, -0.15) is 0 Å². The molecule has 2 atom stereocenters. The summed E-state index contributed by atoms with van der Waals surface area (Å²) in [5, 5.41) is 22.5. The van der Waals surface area contributed by atoms with Crippen LogP contribution in [0, 0.1) is 5.82 Å². The predicted molar refractivity (Wildman–Crippen MR) is 96.9 cm³/mol. The van der Waals surface area contributed by atoms with Gasteiger partial charge in [-0.1, -0.05) is 5.16 Å². The van der Waals surface area contributed by atoms with Crippen molar-refractivity contribution in [3.63, 3.8) is 0 Å². The van der Waals surface area contributed by atoms with Crippen molar-refractivity contribution in [1.29, 1.82) is 0 Å². The lowest BCUT2D eigenvalue weighted by atomic mass is 9.93. The number of rotatable bonds is 2. The normalized spacial score (nSPS) is 25.9. The number of likely N-dealkylation sites (N-methyl/N-ethyl adjacent to an activating group) is 1. The lowest BCUT2D eigenvalue weighted by Crippen LogP contribution is -2.46. The monoisotopic (exact) mass is 362 g/mol. The number of hydrogen-bond acceptors (Lipinski definition) is 7. The van der Waals surface area contributed by atoms with Crippen LogP contribution in [0.4, 0.5) is 15.8 Å². The van der Waals surface area contributed by atoms with Gasteiger partial charge in [0.25, 0.3) is 0 Å². The van der Waals surface area contributed by atoms with E-state index in [0.717, 1.165) is 26.2 Å². The van der Waals surface area contributed by atoms with Crippen LogP contribution >= 0.6 is 0 Å². The summed E-state index contributed by atoms with van der Waals surface area (Å²) in [5.74, 6) is 0.0805. The molecule has 1 saturated heterocycles. The molecule has 0 radical (unpaired) electrons. The predicted octanol–water partition coefficient (Wildman–Crippen LogP) is 1.56.